The van der Waals surface area contributed by atoms with Crippen LogP contribution in [0.25, 0.3) is 11.3 Å². The van der Waals surface area contributed by atoms with Gasteiger partial charge in [-0.25, -0.2) is 0 Å². The quantitative estimate of drug-likeness (QED) is 0.548. The number of aromatic nitrogens is 1. The van der Waals surface area contributed by atoms with Crippen LogP contribution in [0.2, 0.25) is 0 Å². The lowest BCUT2D eigenvalue weighted by Crippen LogP contribution is -2.46. The number of nitrogens with zero attached hydrogens (tertiary/aromatic N) is 3. The number of anilines is 1. The first-order chi connectivity index (χ1) is 13.8. The van der Waals surface area contributed by atoms with Crippen LogP contribution in [-0.4, -0.2) is 50.5 Å². The van der Waals surface area contributed by atoms with Gasteiger partial charge >= 0.3 is 0 Å². The van der Waals surface area contributed by atoms with Gasteiger partial charge in [0.2, 0.25) is 0 Å². The monoisotopic (exact) mass is 451 g/mol. The lowest BCUT2D eigenvalue weighted by Gasteiger charge is -2.36. The zero-order valence-electron chi connectivity index (χ0n) is 17.1. The van der Waals surface area contributed by atoms with Crippen molar-refractivity contribution < 1.29 is 14.0 Å². The van der Waals surface area contributed by atoms with E-state index in [1.165, 1.54) is 0 Å². The fourth-order valence-corrected chi connectivity index (χ4v) is 3.54. The molecule has 1 aliphatic heterocycles. The molecule has 0 radical (unpaired) electrons. The second kappa shape index (κ2) is 11.1. The van der Waals surface area contributed by atoms with Gasteiger partial charge in [0.1, 0.15) is 17.2 Å². The van der Waals surface area contributed by atoms with Crippen molar-refractivity contribution in [3.63, 3.8) is 0 Å². The van der Waals surface area contributed by atoms with Crippen LogP contribution < -0.4 is 14.4 Å². The average Bonchev–Trinajstić information content (AvgIpc) is 3.23. The van der Waals surface area contributed by atoms with Crippen LogP contribution >= 0.6 is 24.8 Å². The molecule has 0 N–H and O–H groups in total. The second-order valence-corrected chi connectivity index (χ2v) is 6.84. The fourth-order valence-electron chi connectivity index (χ4n) is 3.54. The molecule has 2 aromatic carbocycles. The highest BCUT2D eigenvalue weighted by Crippen LogP contribution is 2.29. The van der Waals surface area contributed by atoms with E-state index >= 15 is 0 Å². The van der Waals surface area contributed by atoms with Crippen molar-refractivity contribution in [1.29, 1.82) is 0 Å². The number of piperazine rings is 1. The molecule has 162 valence electrons. The van der Waals surface area contributed by atoms with E-state index in [2.05, 4.69) is 27.1 Å². The van der Waals surface area contributed by atoms with Gasteiger partial charge in [0, 0.05) is 37.8 Å². The maximum absolute atomic E-state index is 5.57. The number of ether oxygens (including phenoxy) is 2. The minimum atomic E-state index is 0. The van der Waals surface area contributed by atoms with Gasteiger partial charge < -0.3 is 18.9 Å². The maximum Gasteiger partial charge on any atom is 0.151 e. The first-order valence-corrected chi connectivity index (χ1v) is 9.47. The molecular formula is C22H27Cl2N3O3. The van der Waals surface area contributed by atoms with Gasteiger partial charge in [0.25, 0.3) is 0 Å². The Morgan fingerprint density at radius 3 is 2.27 bits per heavy atom. The van der Waals surface area contributed by atoms with E-state index in [9.17, 15) is 0 Å². The van der Waals surface area contributed by atoms with Crippen molar-refractivity contribution in [2.45, 2.75) is 6.54 Å². The summed E-state index contributed by atoms with van der Waals surface area (Å²) in [6.45, 7) is 4.62. The van der Waals surface area contributed by atoms with E-state index in [0.717, 1.165) is 66.9 Å². The second-order valence-electron chi connectivity index (χ2n) is 6.84. The third-order valence-corrected chi connectivity index (χ3v) is 5.12. The topological polar surface area (TPSA) is 51.0 Å². The van der Waals surface area contributed by atoms with Crippen molar-refractivity contribution in [3.8, 4) is 22.8 Å². The molecule has 0 atom stereocenters. The molecule has 2 heterocycles. The molecule has 0 amide bonds. The smallest absolute Gasteiger partial charge is 0.151 e. The summed E-state index contributed by atoms with van der Waals surface area (Å²) in [5.41, 5.74) is 3.04. The molecule has 30 heavy (non-hydrogen) atoms. The van der Waals surface area contributed by atoms with Crippen LogP contribution in [0.15, 0.2) is 59.1 Å². The fraction of sp³-hybridized carbons (Fsp3) is 0.318. The number of hydrogen-bond donors (Lipinski definition) is 0. The molecule has 0 spiro atoms. The lowest BCUT2D eigenvalue weighted by molar-refractivity contribution is 0.219. The van der Waals surface area contributed by atoms with Crippen LogP contribution in [0, 0.1) is 0 Å². The number of hydrogen-bond acceptors (Lipinski definition) is 6. The number of rotatable bonds is 6. The van der Waals surface area contributed by atoms with E-state index in [4.69, 9.17) is 14.0 Å². The third-order valence-electron chi connectivity index (χ3n) is 5.12. The van der Waals surface area contributed by atoms with E-state index in [1.54, 1.807) is 14.2 Å². The molecule has 4 rings (SSSR count). The summed E-state index contributed by atoms with van der Waals surface area (Å²) in [5, 5.41) is 4.22. The molecule has 1 fully saturated rings. The molecule has 0 unspecified atom stereocenters. The van der Waals surface area contributed by atoms with Gasteiger partial charge in [-0.1, -0.05) is 17.3 Å². The molecule has 6 nitrogen and oxygen atoms in total. The van der Waals surface area contributed by atoms with Crippen molar-refractivity contribution in [2.75, 3.05) is 45.3 Å². The molecule has 0 aliphatic carbocycles. The molecule has 1 aliphatic rings. The van der Waals surface area contributed by atoms with E-state index in [1.807, 2.05) is 42.5 Å². The minimum absolute atomic E-state index is 0. The van der Waals surface area contributed by atoms with Crippen LogP contribution in [0.4, 0.5) is 5.69 Å². The van der Waals surface area contributed by atoms with Crippen LogP contribution in [0.1, 0.15) is 5.76 Å². The summed E-state index contributed by atoms with van der Waals surface area (Å²) in [5.74, 6) is 2.65. The first-order valence-electron chi connectivity index (χ1n) is 9.47. The molecule has 8 heteroatoms. The van der Waals surface area contributed by atoms with Gasteiger partial charge in [-0.05, 0) is 36.4 Å². The predicted molar refractivity (Wildman–Crippen MR) is 123 cm³/mol. The molecule has 0 saturated carbocycles. The summed E-state index contributed by atoms with van der Waals surface area (Å²) in [6.07, 6.45) is 0. The van der Waals surface area contributed by atoms with E-state index in [0.29, 0.717) is 0 Å². The van der Waals surface area contributed by atoms with Gasteiger partial charge in [-0.2, -0.15) is 0 Å². The summed E-state index contributed by atoms with van der Waals surface area (Å²) in [6, 6.07) is 18.1. The lowest BCUT2D eigenvalue weighted by atomic mass is 10.1. The van der Waals surface area contributed by atoms with Gasteiger partial charge in [-0.3, -0.25) is 4.90 Å². The zero-order valence-corrected chi connectivity index (χ0v) is 18.7. The first kappa shape index (κ1) is 23.9. The predicted octanol–water partition coefficient (Wildman–Crippen LogP) is 4.52. The Bertz CT molecular complexity index is 910. The summed E-state index contributed by atoms with van der Waals surface area (Å²) < 4.78 is 16.3. The highest BCUT2D eigenvalue weighted by atomic mass is 35.5. The molecule has 3 aromatic rings. The standard InChI is InChI=1S/C22H25N3O3.2ClH/c1-26-18-9-7-17(8-10-18)20-15-19(28-23-20)16-24-11-13-25(14-12-24)21-5-3-4-6-22(21)27-2;;/h3-10,15H,11-14,16H2,1-2H3;2*1H. The van der Waals surface area contributed by atoms with E-state index < -0.39 is 0 Å². The highest BCUT2D eigenvalue weighted by molar-refractivity contribution is 5.85. The third kappa shape index (κ3) is 5.39. The number of benzene rings is 2. The Balaban J connectivity index is 0.00000160. The van der Waals surface area contributed by atoms with Crippen molar-refractivity contribution >= 4 is 30.5 Å². The molecule has 1 saturated heterocycles. The highest BCUT2D eigenvalue weighted by Gasteiger charge is 2.20. The van der Waals surface area contributed by atoms with Gasteiger partial charge in [0.15, 0.2) is 5.76 Å². The van der Waals surface area contributed by atoms with Gasteiger partial charge in [-0.15, -0.1) is 24.8 Å². The number of methoxy groups -OCH3 is 2. The Labute approximate surface area is 189 Å². The van der Waals surface area contributed by atoms with Crippen molar-refractivity contribution in [3.05, 3.63) is 60.4 Å². The molecular weight excluding hydrogens is 425 g/mol. The molecule has 1 aromatic heterocycles. The van der Waals surface area contributed by atoms with E-state index in [-0.39, 0.29) is 24.8 Å². The minimum Gasteiger partial charge on any atom is -0.497 e. The Morgan fingerprint density at radius 1 is 0.900 bits per heavy atom. The van der Waals surface area contributed by atoms with Crippen LogP contribution in [0.3, 0.4) is 0 Å². The zero-order chi connectivity index (χ0) is 19.3. The van der Waals surface area contributed by atoms with Crippen LogP contribution in [-0.2, 0) is 6.54 Å². The average molecular weight is 452 g/mol. The molecule has 0 bridgehead atoms. The number of halogens is 2. The van der Waals surface area contributed by atoms with Crippen LogP contribution in [0.5, 0.6) is 11.5 Å². The summed E-state index contributed by atoms with van der Waals surface area (Å²) >= 11 is 0. The van der Waals surface area contributed by atoms with Crippen molar-refractivity contribution in [2.24, 2.45) is 0 Å². The Hall–Kier alpha value is -2.41. The maximum atomic E-state index is 5.57. The summed E-state index contributed by atoms with van der Waals surface area (Å²) in [7, 11) is 3.39. The van der Waals surface area contributed by atoms with Gasteiger partial charge in [0.05, 0.1) is 26.5 Å². The Kier molecular flexibility index (Phi) is 8.84. The largest absolute Gasteiger partial charge is 0.497 e. The number of para-hydroxylation sites is 2. The SMILES string of the molecule is COc1ccc(-c2cc(CN3CCN(c4ccccc4OC)CC3)on2)cc1.Cl.Cl. The normalized spacial score (nSPS) is 13.9. The Morgan fingerprint density at radius 2 is 1.60 bits per heavy atom. The summed E-state index contributed by atoms with van der Waals surface area (Å²) in [4.78, 5) is 4.77. The van der Waals surface area contributed by atoms with Crippen molar-refractivity contribution in [1.82, 2.24) is 10.1 Å².